The number of aromatic amines is 1. The van der Waals surface area contributed by atoms with Crippen LogP contribution in [0.5, 0.6) is 0 Å². The Morgan fingerprint density at radius 1 is 1.23 bits per heavy atom. The monoisotopic (exact) mass is 301 g/mol. The van der Waals surface area contributed by atoms with Crippen molar-refractivity contribution >= 4 is 24.2 Å². The lowest BCUT2D eigenvalue weighted by Crippen LogP contribution is -2.44. The van der Waals surface area contributed by atoms with Crippen molar-refractivity contribution in [1.82, 2.24) is 24.3 Å². The number of aryl methyl sites for hydroxylation is 2. The molecule has 0 bridgehead atoms. The van der Waals surface area contributed by atoms with Crippen LogP contribution in [0.3, 0.4) is 0 Å². The quantitative estimate of drug-likeness (QED) is 0.595. The summed E-state index contributed by atoms with van der Waals surface area (Å²) in [5.74, 6) is 0. The summed E-state index contributed by atoms with van der Waals surface area (Å²) in [6.07, 6.45) is 0. The summed E-state index contributed by atoms with van der Waals surface area (Å²) in [6, 6.07) is 1.81. The molecule has 0 saturated carbocycles. The second kappa shape index (κ2) is 4.57. The molecule has 0 aliphatic rings. The maximum Gasteiger partial charge on any atom is 0.297 e. The van der Waals surface area contributed by atoms with Crippen LogP contribution < -0.4 is 21.6 Å². The van der Waals surface area contributed by atoms with Crippen LogP contribution >= 0.6 is 0 Å². The van der Waals surface area contributed by atoms with Gasteiger partial charge in [0.2, 0.25) is 0 Å². The largest absolute Gasteiger partial charge is 0.376 e. The first-order valence-corrected chi connectivity index (χ1v) is 6.57. The molecular formula is C14H15N5O3. The van der Waals surface area contributed by atoms with Crippen molar-refractivity contribution in [1.29, 1.82) is 0 Å². The number of rotatable bonds is 2. The van der Waals surface area contributed by atoms with Gasteiger partial charge in [-0.1, -0.05) is 13.2 Å². The molecule has 0 unspecified atom stereocenters. The Labute approximate surface area is 123 Å². The van der Waals surface area contributed by atoms with Crippen LogP contribution in [0.2, 0.25) is 0 Å². The van der Waals surface area contributed by atoms with E-state index in [1.807, 2.05) is 13.0 Å². The van der Waals surface area contributed by atoms with Crippen LogP contribution in [0.15, 0.2) is 15.7 Å². The highest BCUT2D eigenvalue weighted by Crippen LogP contribution is 2.03. The Morgan fingerprint density at radius 3 is 2.45 bits per heavy atom. The standard InChI is InChI=1S/C14H15N5O3/c1-7-5-8(2)18(15-7)19-14(22)11-9(3)10(4)13(21)17(6-20)12(11)16-19/h5,16,20H,3-4,6H2,1-2H3. The van der Waals surface area contributed by atoms with Crippen LogP contribution in [0.1, 0.15) is 11.4 Å². The Hall–Kier alpha value is -2.87. The maximum atomic E-state index is 12.6. The van der Waals surface area contributed by atoms with Crippen LogP contribution in [-0.4, -0.2) is 29.5 Å². The fourth-order valence-corrected chi connectivity index (χ4v) is 2.51. The number of pyridine rings is 1. The van der Waals surface area contributed by atoms with E-state index in [1.165, 1.54) is 9.58 Å². The summed E-state index contributed by atoms with van der Waals surface area (Å²) in [7, 11) is 0. The highest BCUT2D eigenvalue weighted by atomic mass is 16.3. The molecule has 0 aromatic carbocycles. The minimum Gasteiger partial charge on any atom is -0.376 e. The zero-order valence-electron chi connectivity index (χ0n) is 12.3. The van der Waals surface area contributed by atoms with Gasteiger partial charge in [0.25, 0.3) is 11.1 Å². The van der Waals surface area contributed by atoms with Gasteiger partial charge in [0.15, 0.2) is 0 Å². The third-order valence-corrected chi connectivity index (χ3v) is 3.61. The Bertz CT molecular complexity index is 1110. The molecule has 3 aromatic heterocycles. The van der Waals surface area contributed by atoms with E-state index < -0.39 is 17.8 Å². The van der Waals surface area contributed by atoms with Crippen molar-refractivity contribution < 1.29 is 5.11 Å². The van der Waals surface area contributed by atoms with E-state index in [0.29, 0.717) is 0 Å². The van der Waals surface area contributed by atoms with Gasteiger partial charge >= 0.3 is 0 Å². The summed E-state index contributed by atoms with van der Waals surface area (Å²) >= 11 is 0. The van der Waals surface area contributed by atoms with Gasteiger partial charge in [0.1, 0.15) is 12.4 Å². The number of nitrogens with zero attached hydrogens (tertiary/aromatic N) is 4. The van der Waals surface area contributed by atoms with E-state index in [1.54, 1.807) is 6.92 Å². The molecule has 3 aromatic rings. The molecular weight excluding hydrogens is 286 g/mol. The lowest BCUT2D eigenvalue weighted by atomic mass is 10.2. The fraction of sp³-hybridized carbons (Fsp3) is 0.214. The number of hydrogen-bond acceptors (Lipinski definition) is 4. The number of aromatic nitrogens is 5. The van der Waals surface area contributed by atoms with Gasteiger partial charge in [-0.3, -0.25) is 19.3 Å². The number of aliphatic hydroxyl groups excluding tert-OH is 1. The fourth-order valence-electron chi connectivity index (χ4n) is 2.51. The summed E-state index contributed by atoms with van der Waals surface area (Å²) in [4.78, 5) is 27.3. The molecule has 0 spiro atoms. The van der Waals surface area contributed by atoms with Crippen LogP contribution in [0.25, 0.3) is 24.2 Å². The minimum absolute atomic E-state index is 0.0816. The molecule has 3 heterocycles. The van der Waals surface area contributed by atoms with E-state index in [9.17, 15) is 14.7 Å². The van der Waals surface area contributed by atoms with E-state index in [-0.39, 0.29) is 21.5 Å². The van der Waals surface area contributed by atoms with Crippen molar-refractivity contribution in [3.05, 3.63) is 48.6 Å². The topological polar surface area (TPSA) is 97.8 Å². The molecule has 0 atom stereocenters. The normalized spacial score (nSPS) is 11.4. The summed E-state index contributed by atoms with van der Waals surface area (Å²) in [5, 5.41) is 17.0. The van der Waals surface area contributed by atoms with E-state index in [2.05, 4.69) is 23.4 Å². The van der Waals surface area contributed by atoms with Crippen LogP contribution in [0, 0.1) is 13.8 Å². The predicted octanol–water partition coefficient (Wildman–Crippen LogP) is -1.61. The Morgan fingerprint density at radius 2 is 1.91 bits per heavy atom. The third kappa shape index (κ3) is 1.70. The number of aliphatic hydroxyl groups is 1. The average molecular weight is 301 g/mol. The lowest BCUT2D eigenvalue weighted by molar-refractivity contribution is 0.210. The molecule has 0 aliphatic heterocycles. The minimum atomic E-state index is -0.574. The lowest BCUT2D eigenvalue weighted by Gasteiger charge is -2.04. The zero-order valence-corrected chi connectivity index (χ0v) is 12.3. The molecule has 0 saturated heterocycles. The Balaban J connectivity index is 2.55. The van der Waals surface area contributed by atoms with Crippen molar-refractivity contribution in [2.24, 2.45) is 0 Å². The summed E-state index contributed by atoms with van der Waals surface area (Å²) < 4.78 is 1.04. The van der Waals surface area contributed by atoms with Crippen molar-refractivity contribution in [3.63, 3.8) is 0 Å². The van der Waals surface area contributed by atoms with Gasteiger partial charge in [0.05, 0.1) is 16.8 Å². The molecule has 0 fully saturated rings. The number of hydrogen-bond donors (Lipinski definition) is 2. The van der Waals surface area contributed by atoms with E-state index >= 15 is 0 Å². The number of H-pyrrole nitrogens is 1. The predicted molar refractivity (Wildman–Crippen MR) is 81.8 cm³/mol. The highest BCUT2D eigenvalue weighted by molar-refractivity contribution is 5.75. The van der Waals surface area contributed by atoms with Gasteiger partial charge < -0.3 is 5.11 Å². The van der Waals surface area contributed by atoms with Crippen molar-refractivity contribution in [3.8, 4) is 0 Å². The van der Waals surface area contributed by atoms with Gasteiger partial charge in [-0.15, -0.1) is 4.79 Å². The van der Waals surface area contributed by atoms with Crippen molar-refractivity contribution in [2.75, 3.05) is 0 Å². The highest BCUT2D eigenvalue weighted by Gasteiger charge is 2.16. The smallest absolute Gasteiger partial charge is 0.297 e. The number of nitrogens with one attached hydrogen (secondary N) is 1. The van der Waals surface area contributed by atoms with Crippen LogP contribution in [-0.2, 0) is 6.73 Å². The zero-order chi connectivity index (χ0) is 16.2. The molecule has 114 valence electrons. The molecule has 3 rings (SSSR count). The SMILES string of the molecule is C=c1c(=C)c2c(=O)n(-n3nc(C)cc3C)[nH]c2n(CO)c1=O. The molecule has 0 amide bonds. The molecule has 0 aliphatic carbocycles. The second-order valence-electron chi connectivity index (χ2n) is 5.10. The first-order chi connectivity index (χ1) is 10.4. The molecule has 22 heavy (non-hydrogen) atoms. The van der Waals surface area contributed by atoms with Gasteiger partial charge in [-0.05, 0) is 25.1 Å². The summed E-state index contributed by atoms with van der Waals surface area (Å²) in [5.41, 5.74) is 0.752. The molecule has 2 N–H and O–H groups in total. The Kier molecular flexibility index (Phi) is 2.92. The third-order valence-electron chi connectivity index (χ3n) is 3.61. The van der Waals surface area contributed by atoms with Gasteiger partial charge in [-0.25, -0.2) is 0 Å². The molecule has 0 radical (unpaired) electrons. The summed E-state index contributed by atoms with van der Waals surface area (Å²) in [6.45, 7) is 10.4. The molecule has 8 nitrogen and oxygen atoms in total. The second-order valence-corrected chi connectivity index (χ2v) is 5.10. The molecule has 8 heteroatoms. The first kappa shape index (κ1) is 14.1. The van der Waals surface area contributed by atoms with Gasteiger partial charge in [0, 0.05) is 5.22 Å². The first-order valence-electron chi connectivity index (χ1n) is 6.57. The average Bonchev–Trinajstić information content (AvgIpc) is 2.97. The van der Waals surface area contributed by atoms with Crippen LogP contribution in [0.4, 0.5) is 0 Å². The van der Waals surface area contributed by atoms with E-state index in [4.69, 9.17) is 0 Å². The van der Waals surface area contributed by atoms with Gasteiger partial charge in [-0.2, -0.15) is 9.89 Å². The maximum absolute atomic E-state index is 12.6. The number of fused-ring (bicyclic) bond motifs is 1. The van der Waals surface area contributed by atoms with E-state index in [0.717, 1.165) is 16.0 Å². The van der Waals surface area contributed by atoms with Crippen molar-refractivity contribution in [2.45, 2.75) is 20.6 Å².